The highest BCUT2D eigenvalue weighted by Crippen LogP contribution is 2.48. The van der Waals surface area contributed by atoms with Crippen molar-refractivity contribution in [1.29, 1.82) is 0 Å². The van der Waals surface area contributed by atoms with E-state index in [0.717, 1.165) is 12.0 Å². The summed E-state index contributed by atoms with van der Waals surface area (Å²) in [6, 6.07) is 3.06. The van der Waals surface area contributed by atoms with Crippen molar-refractivity contribution in [3.05, 3.63) is 22.8 Å². The largest absolute Gasteiger partial charge is 0.444 e. The van der Waals surface area contributed by atoms with E-state index >= 15 is 0 Å². The third kappa shape index (κ3) is 3.48. The van der Waals surface area contributed by atoms with Crippen molar-refractivity contribution in [3.63, 3.8) is 0 Å². The number of pyridine rings is 1. The number of anilines is 1. The Morgan fingerprint density at radius 1 is 1.33 bits per heavy atom. The van der Waals surface area contributed by atoms with E-state index in [0.29, 0.717) is 23.3 Å². The van der Waals surface area contributed by atoms with Gasteiger partial charge in [0.25, 0.3) is 0 Å². The van der Waals surface area contributed by atoms with Gasteiger partial charge in [0, 0.05) is 6.04 Å². The first-order chi connectivity index (χ1) is 11.2. The summed E-state index contributed by atoms with van der Waals surface area (Å²) in [6.45, 7) is 7.30. The van der Waals surface area contributed by atoms with Gasteiger partial charge in [-0.3, -0.25) is 9.69 Å². The highest BCUT2D eigenvalue weighted by atomic mass is 35.5. The van der Waals surface area contributed by atoms with Gasteiger partial charge in [0.15, 0.2) is 0 Å². The molecule has 1 aromatic rings. The Morgan fingerprint density at radius 3 is 2.71 bits per heavy atom. The van der Waals surface area contributed by atoms with Crippen LogP contribution in [-0.2, 0) is 9.53 Å². The van der Waals surface area contributed by atoms with Crippen molar-refractivity contribution >= 4 is 29.4 Å². The van der Waals surface area contributed by atoms with E-state index < -0.39 is 17.7 Å². The second kappa shape index (κ2) is 5.92. The fourth-order valence-corrected chi connectivity index (χ4v) is 3.25. The van der Waals surface area contributed by atoms with Gasteiger partial charge in [-0.1, -0.05) is 17.7 Å². The fraction of sp³-hybridized carbons (Fsp3) is 0.588. The number of fused-ring (bicyclic) bond motifs is 1. The molecule has 1 aliphatic carbocycles. The molecule has 0 spiro atoms. The van der Waals surface area contributed by atoms with Crippen LogP contribution in [0.25, 0.3) is 0 Å². The van der Waals surface area contributed by atoms with Crippen molar-refractivity contribution < 1.29 is 14.3 Å². The SMILES string of the molecule is Cc1ccc(Cl)nc1NC(=O)[C@@H]1C[C@H]2C[C@H]2N1C(=O)OC(C)(C)C. The normalized spacial score (nSPS) is 25.2. The highest BCUT2D eigenvalue weighted by molar-refractivity contribution is 6.29. The predicted molar refractivity (Wildman–Crippen MR) is 91.0 cm³/mol. The van der Waals surface area contributed by atoms with E-state index in [1.54, 1.807) is 17.0 Å². The molecule has 1 aromatic heterocycles. The number of carbonyl (C=O) groups is 2. The molecule has 0 bridgehead atoms. The molecule has 2 aliphatic rings. The molecule has 0 aromatic carbocycles. The lowest BCUT2D eigenvalue weighted by Gasteiger charge is -2.29. The zero-order chi connectivity index (χ0) is 17.6. The lowest BCUT2D eigenvalue weighted by molar-refractivity contribution is -0.121. The Morgan fingerprint density at radius 2 is 2.04 bits per heavy atom. The minimum Gasteiger partial charge on any atom is -0.444 e. The topological polar surface area (TPSA) is 71.5 Å². The number of nitrogens with one attached hydrogen (secondary N) is 1. The first kappa shape index (κ1) is 17.0. The van der Waals surface area contributed by atoms with Crippen LogP contribution in [0, 0.1) is 12.8 Å². The van der Waals surface area contributed by atoms with Gasteiger partial charge in [0.2, 0.25) is 5.91 Å². The summed E-state index contributed by atoms with van der Waals surface area (Å²) in [5, 5.41) is 3.11. The molecule has 1 aliphatic heterocycles. The van der Waals surface area contributed by atoms with E-state index in [1.807, 2.05) is 27.7 Å². The number of nitrogens with zero attached hydrogens (tertiary/aromatic N) is 2. The molecule has 3 rings (SSSR count). The van der Waals surface area contributed by atoms with Crippen LogP contribution in [0.15, 0.2) is 12.1 Å². The molecule has 6 nitrogen and oxygen atoms in total. The van der Waals surface area contributed by atoms with Gasteiger partial charge in [-0.2, -0.15) is 0 Å². The van der Waals surface area contributed by atoms with Crippen molar-refractivity contribution in [1.82, 2.24) is 9.88 Å². The number of rotatable bonds is 2. The lowest BCUT2D eigenvalue weighted by Crippen LogP contribution is -2.47. The number of likely N-dealkylation sites (tertiary alicyclic amines) is 1. The van der Waals surface area contributed by atoms with Crippen molar-refractivity contribution in [2.75, 3.05) is 5.32 Å². The summed E-state index contributed by atoms with van der Waals surface area (Å²) in [4.78, 5) is 30.9. The highest BCUT2D eigenvalue weighted by Gasteiger charge is 2.57. The average Bonchev–Trinajstić information content (AvgIpc) is 3.11. The van der Waals surface area contributed by atoms with E-state index in [9.17, 15) is 9.59 Å². The van der Waals surface area contributed by atoms with Gasteiger partial charge in [-0.05, 0) is 58.1 Å². The van der Waals surface area contributed by atoms with Crippen LogP contribution >= 0.6 is 11.6 Å². The molecule has 1 saturated carbocycles. The number of hydrogen-bond donors (Lipinski definition) is 1. The maximum Gasteiger partial charge on any atom is 0.411 e. The maximum atomic E-state index is 12.7. The fourth-order valence-electron chi connectivity index (χ4n) is 3.10. The molecule has 1 saturated heterocycles. The summed E-state index contributed by atoms with van der Waals surface area (Å²) in [7, 11) is 0. The summed E-state index contributed by atoms with van der Waals surface area (Å²) in [6.07, 6.45) is 1.18. The van der Waals surface area contributed by atoms with Crippen LogP contribution in [0.5, 0.6) is 0 Å². The second-order valence-corrected chi connectivity index (χ2v) is 7.88. The molecule has 7 heteroatoms. The minimum absolute atomic E-state index is 0.115. The number of carbonyl (C=O) groups excluding carboxylic acids is 2. The Labute approximate surface area is 146 Å². The molecule has 2 fully saturated rings. The zero-order valence-electron chi connectivity index (χ0n) is 14.3. The Hall–Kier alpha value is -1.82. The molecule has 2 heterocycles. The van der Waals surface area contributed by atoms with Gasteiger partial charge in [-0.25, -0.2) is 9.78 Å². The third-order valence-electron chi connectivity index (χ3n) is 4.32. The number of hydrogen-bond acceptors (Lipinski definition) is 4. The predicted octanol–water partition coefficient (Wildman–Crippen LogP) is 3.38. The van der Waals surface area contributed by atoms with Crippen LogP contribution in [-0.4, -0.2) is 39.6 Å². The first-order valence-electron chi connectivity index (χ1n) is 8.11. The summed E-state index contributed by atoms with van der Waals surface area (Å²) < 4.78 is 5.46. The average molecular weight is 352 g/mol. The van der Waals surface area contributed by atoms with E-state index in [4.69, 9.17) is 16.3 Å². The monoisotopic (exact) mass is 351 g/mol. The molecule has 130 valence electrons. The molecule has 3 atom stereocenters. The van der Waals surface area contributed by atoms with Gasteiger partial charge in [-0.15, -0.1) is 0 Å². The number of halogens is 1. The van der Waals surface area contributed by atoms with Gasteiger partial charge < -0.3 is 10.1 Å². The van der Waals surface area contributed by atoms with E-state index in [2.05, 4.69) is 10.3 Å². The van der Waals surface area contributed by atoms with Crippen LogP contribution in [0.3, 0.4) is 0 Å². The maximum absolute atomic E-state index is 12.7. The minimum atomic E-state index is -0.587. The molecule has 1 N–H and O–H groups in total. The van der Waals surface area contributed by atoms with Crippen molar-refractivity contribution in [2.24, 2.45) is 5.92 Å². The Bertz CT molecular complexity index is 686. The Kier molecular flexibility index (Phi) is 4.20. The summed E-state index contributed by atoms with van der Waals surface area (Å²) in [5.74, 6) is 0.574. The quantitative estimate of drug-likeness (QED) is 0.829. The van der Waals surface area contributed by atoms with Crippen LogP contribution < -0.4 is 5.32 Å². The molecular weight excluding hydrogens is 330 g/mol. The third-order valence-corrected chi connectivity index (χ3v) is 4.53. The van der Waals surface area contributed by atoms with Crippen molar-refractivity contribution in [2.45, 2.75) is 58.2 Å². The van der Waals surface area contributed by atoms with Crippen LogP contribution in [0.4, 0.5) is 10.6 Å². The summed E-state index contributed by atoms with van der Waals surface area (Å²) in [5.41, 5.74) is 0.232. The first-order valence-corrected chi connectivity index (χ1v) is 8.49. The van der Waals surface area contributed by atoms with Gasteiger partial charge >= 0.3 is 6.09 Å². The molecule has 2 amide bonds. The number of piperidine rings is 1. The van der Waals surface area contributed by atoms with E-state index in [-0.39, 0.29) is 11.9 Å². The lowest BCUT2D eigenvalue weighted by atomic mass is 10.1. The van der Waals surface area contributed by atoms with Gasteiger partial charge in [0.1, 0.15) is 22.6 Å². The van der Waals surface area contributed by atoms with Crippen molar-refractivity contribution in [3.8, 4) is 0 Å². The molecular formula is C17H22ClN3O3. The molecule has 24 heavy (non-hydrogen) atoms. The molecule has 0 unspecified atom stereocenters. The zero-order valence-corrected chi connectivity index (χ0v) is 15.1. The molecule has 0 radical (unpaired) electrons. The van der Waals surface area contributed by atoms with Gasteiger partial charge in [0.05, 0.1) is 0 Å². The number of aryl methyl sites for hydroxylation is 1. The smallest absolute Gasteiger partial charge is 0.411 e. The second-order valence-electron chi connectivity index (χ2n) is 7.49. The van der Waals surface area contributed by atoms with Crippen LogP contribution in [0.2, 0.25) is 5.15 Å². The standard InChI is InChI=1S/C17H22ClN3O3/c1-9-5-6-13(18)19-14(9)20-15(22)12-8-10-7-11(10)21(12)16(23)24-17(2,3)4/h5-6,10-12H,7-8H2,1-4H3,(H,19,20,22)/t10-,11-,12+/m1/s1. The summed E-state index contributed by atoms with van der Waals surface area (Å²) >= 11 is 5.89. The number of ether oxygens (including phenoxy) is 1. The Balaban J connectivity index is 1.74. The number of aromatic nitrogens is 1. The van der Waals surface area contributed by atoms with E-state index in [1.165, 1.54) is 0 Å². The number of amides is 2. The van der Waals surface area contributed by atoms with Crippen LogP contribution in [0.1, 0.15) is 39.2 Å².